The second kappa shape index (κ2) is 1.87. The monoisotopic (exact) mass is 140 g/mol. The fraction of sp³-hybridized carbons (Fsp3) is 0.286. The first-order valence-corrected chi connectivity index (χ1v) is 3.35. The van der Waals surface area contributed by atoms with E-state index < -0.39 is 0 Å². The second-order valence-electron chi connectivity index (χ2n) is 2.39. The Labute approximate surface area is 60.1 Å². The summed E-state index contributed by atoms with van der Waals surface area (Å²) in [4.78, 5) is 16.1. The van der Waals surface area contributed by atoms with Crippen molar-refractivity contribution in [2.45, 2.75) is 12.8 Å². The van der Waals surface area contributed by atoms with E-state index in [4.69, 9.17) is 0 Å². The lowest BCUT2D eigenvalue weighted by atomic mass is 10.2. The molecule has 1 aliphatic rings. The smallest absolute Gasteiger partial charge is 0.306 e. The van der Waals surface area contributed by atoms with Crippen molar-refractivity contribution in [1.29, 1.82) is 0 Å². The van der Waals surface area contributed by atoms with Crippen molar-refractivity contribution < 1.29 is 2.85 Å². The third-order valence-electron chi connectivity index (χ3n) is 1.65. The molecule has 1 aromatic rings. The number of hydrogen-bond acceptors (Lipinski definition) is 1. The average molecular weight is 140 g/mol. The van der Waals surface area contributed by atoms with Crippen LogP contribution >= 0.6 is 0 Å². The van der Waals surface area contributed by atoms with Gasteiger partial charge in [0.25, 0.3) is 0 Å². The summed E-state index contributed by atoms with van der Waals surface area (Å²) in [6.07, 6.45) is 6.13. The molecule has 56 valence electrons. The minimum Gasteiger partial charge on any atom is -0.306 e. The molecule has 0 unspecified atom stereocenters. The van der Waals surface area contributed by atoms with Crippen LogP contribution in [0.25, 0.3) is 12.2 Å². The van der Waals surface area contributed by atoms with Gasteiger partial charge in [-0.15, -0.1) is 0 Å². The fourth-order valence-corrected chi connectivity index (χ4v) is 1.19. The van der Waals surface area contributed by atoms with Crippen molar-refractivity contribution in [1.82, 2.24) is 9.97 Å². The van der Waals surface area contributed by atoms with Gasteiger partial charge in [-0.2, -0.15) is 0 Å². The number of hydrogen-bond donors (Lipinski definition) is 2. The van der Waals surface area contributed by atoms with Crippen LogP contribution in [0.3, 0.4) is 0 Å². The molecule has 1 aliphatic carbocycles. The van der Waals surface area contributed by atoms with E-state index in [2.05, 4.69) is 9.97 Å². The standard InChI is InChI=1S/C7H8N2O.2H2/c10-7-8-5-3-1-2-4-6(5)9-7;;/h3-4H,1-2H2,(H2,8,9,10);2*1H. The van der Waals surface area contributed by atoms with Gasteiger partial charge in [0.15, 0.2) is 0 Å². The van der Waals surface area contributed by atoms with Crippen molar-refractivity contribution in [3.63, 3.8) is 0 Å². The zero-order valence-corrected chi connectivity index (χ0v) is 5.48. The van der Waals surface area contributed by atoms with Gasteiger partial charge in [-0.25, -0.2) is 4.79 Å². The van der Waals surface area contributed by atoms with Gasteiger partial charge < -0.3 is 9.97 Å². The van der Waals surface area contributed by atoms with E-state index in [1.54, 1.807) is 0 Å². The first-order valence-electron chi connectivity index (χ1n) is 3.35. The molecule has 3 heteroatoms. The highest BCUT2D eigenvalue weighted by molar-refractivity contribution is 5.32. The Morgan fingerprint density at radius 2 is 1.70 bits per heavy atom. The van der Waals surface area contributed by atoms with Gasteiger partial charge in [-0.3, -0.25) is 0 Å². The fourth-order valence-electron chi connectivity index (χ4n) is 1.19. The van der Waals surface area contributed by atoms with Gasteiger partial charge in [-0.05, 0) is 12.8 Å². The van der Waals surface area contributed by atoms with E-state index in [-0.39, 0.29) is 8.54 Å². The first-order chi connectivity index (χ1) is 4.86. The van der Waals surface area contributed by atoms with Crippen LogP contribution in [-0.2, 0) is 0 Å². The third-order valence-corrected chi connectivity index (χ3v) is 1.65. The molecule has 0 amide bonds. The van der Waals surface area contributed by atoms with Gasteiger partial charge >= 0.3 is 5.69 Å². The predicted molar refractivity (Wildman–Crippen MR) is 43.1 cm³/mol. The summed E-state index contributed by atoms with van der Waals surface area (Å²) >= 11 is 0. The Hall–Kier alpha value is -1.25. The molecule has 2 N–H and O–H groups in total. The van der Waals surface area contributed by atoms with Crippen molar-refractivity contribution in [3.05, 3.63) is 21.2 Å². The number of nitrogens with one attached hydrogen (secondary N) is 2. The van der Waals surface area contributed by atoms with Gasteiger partial charge in [-0.1, -0.05) is 12.2 Å². The first kappa shape index (κ1) is 5.53. The Morgan fingerprint density at radius 3 is 2.20 bits per heavy atom. The molecule has 1 aromatic heterocycles. The number of aromatic amines is 2. The zero-order valence-electron chi connectivity index (χ0n) is 5.48. The van der Waals surface area contributed by atoms with Gasteiger partial charge in [0.1, 0.15) is 0 Å². The van der Waals surface area contributed by atoms with E-state index in [0.717, 1.165) is 23.5 Å². The molecule has 0 saturated carbocycles. The van der Waals surface area contributed by atoms with Crippen LogP contribution < -0.4 is 16.4 Å². The van der Waals surface area contributed by atoms with E-state index in [9.17, 15) is 4.79 Å². The quantitative estimate of drug-likeness (QED) is 0.504. The lowest BCUT2D eigenvalue weighted by molar-refractivity contribution is 1.09. The normalized spacial score (nSPS) is 15.2. The van der Waals surface area contributed by atoms with E-state index in [1.165, 1.54) is 0 Å². The topological polar surface area (TPSA) is 48.6 Å². The van der Waals surface area contributed by atoms with Crippen LogP contribution in [0.5, 0.6) is 0 Å². The minimum atomic E-state index is -0.112. The van der Waals surface area contributed by atoms with Crippen LogP contribution in [0.4, 0.5) is 0 Å². The van der Waals surface area contributed by atoms with Crippen molar-refractivity contribution in [2.24, 2.45) is 0 Å². The molecule has 10 heavy (non-hydrogen) atoms. The Morgan fingerprint density at radius 1 is 1.20 bits per heavy atom. The Bertz CT molecular complexity index is 367. The SMILES string of the molecule is O=c1[nH]c2c([nH]1)=CCCC=2.[HH].[HH]. The molecule has 0 saturated heterocycles. The Balaban J connectivity index is 0.000000605. The maximum atomic E-state index is 10.7. The minimum absolute atomic E-state index is 0. The van der Waals surface area contributed by atoms with Crippen LogP contribution in [0.2, 0.25) is 0 Å². The molecule has 0 aromatic carbocycles. The molecule has 0 radical (unpaired) electrons. The lowest BCUT2D eigenvalue weighted by Crippen LogP contribution is -2.26. The number of imidazole rings is 1. The highest BCUT2D eigenvalue weighted by atomic mass is 16.1. The maximum Gasteiger partial charge on any atom is 0.323 e. The summed E-state index contributed by atoms with van der Waals surface area (Å²) in [7, 11) is 0. The number of rotatable bonds is 0. The molecule has 0 fully saturated rings. The van der Waals surface area contributed by atoms with Crippen LogP contribution in [0.1, 0.15) is 15.7 Å². The second-order valence-corrected chi connectivity index (χ2v) is 2.39. The molecule has 1 heterocycles. The summed E-state index contributed by atoms with van der Waals surface area (Å²) in [5, 5.41) is 1.88. The van der Waals surface area contributed by atoms with Crippen molar-refractivity contribution in [2.75, 3.05) is 0 Å². The summed E-state index contributed by atoms with van der Waals surface area (Å²) in [6.45, 7) is 0. The molecule has 0 aliphatic heterocycles. The average Bonchev–Trinajstić information content (AvgIpc) is 2.27. The lowest BCUT2D eigenvalue weighted by Gasteiger charge is -1.90. The largest absolute Gasteiger partial charge is 0.323 e. The zero-order chi connectivity index (χ0) is 6.97. The van der Waals surface area contributed by atoms with E-state index in [0.29, 0.717) is 0 Å². The third kappa shape index (κ3) is 0.708. The van der Waals surface area contributed by atoms with Crippen LogP contribution in [0, 0.1) is 0 Å². The number of H-pyrrole nitrogens is 2. The van der Waals surface area contributed by atoms with E-state index in [1.807, 2.05) is 12.2 Å². The molecular formula is C7H12N2O. The number of aromatic nitrogens is 2. The van der Waals surface area contributed by atoms with Crippen molar-refractivity contribution in [3.8, 4) is 0 Å². The molecule has 0 atom stereocenters. The van der Waals surface area contributed by atoms with Crippen LogP contribution in [-0.4, -0.2) is 9.97 Å². The molecule has 0 bridgehead atoms. The summed E-state index contributed by atoms with van der Waals surface area (Å²) in [5.41, 5.74) is -0.112. The van der Waals surface area contributed by atoms with Gasteiger partial charge in [0, 0.05) is 2.85 Å². The van der Waals surface area contributed by atoms with Crippen molar-refractivity contribution >= 4 is 12.2 Å². The molecule has 2 rings (SSSR count). The van der Waals surface area contributed by atoms with Crippen LogP contribution in [0.15, 0.2) is 4.79 Å². The summed E-state index contributed by atoms with van der Waals surface area (Å²) in [5.74, 6) is 0. The molecular weight excluding hydrogens is 128 g/mol. The number of fused-ring (bicyclic) bond motifs is 1. The summed E-state index contributed by atoms with van der Waals surface area (Å²) < 4.78 is 0. The molecule has 0 spiro atoms. The maximum absolute atomic E-state index is 10.7. The van der Waals surface area contributed by atoms with Gasteiger partial charge in [0.05, 0.1) is 10.7 Å². The highest BCUT2D eigenvalue weighted by Crippen LogP contribution is 1.91. The molecule has 3 nitrogen and oxygen atoms in total. The predicted octanol–water partition coefficient (Wildman–Crippen LogP) is -0.450. The highest BCUT2D eigenvalue weighted by Gasteiger charge is 1.94. The Kier molecular flexibility index (Phi) is 1.03. The summed E-state index contributed by atoms with van der Waals surface area (Å²) in [6, 6.07) is 0. The van der Waals surface area contributed by atoms with E-state index >= 15 is 0 Å². The van der Waals surface area contributed by atoms with Gasteiger partial charge in [0.2, 0.25) is 0 Å².